The molecule has 0 aromatic heterocycles. The molecule has 0 N–H and O–H groups in total. The lowest BCUT2D eigenvalue weighted by Crippen LogP contribution is -2.47. The molecular formula is C15H25F7. The second-order valence-corrected chi connectivity index (χ2v) is 7.29. The van der Waals surface area contributed by atoms with Gasteiger partial charge in [0, 0.05) is 11.8 Å². The van der Waals surface area contributed by atoms with Gasteiger partial charge in [-0.25, -0.2) is 8.78 Å². The van der Waals surface area contributed by atoms with Crippen LogP contribution in [0.1, 0.15) is 54.4 Å². The Balaban J connectivity index is 0.000000425. The van der Waals surface area contributed by atoms with Gasteiger partial charge in [0.1, 0.15) is 0 Å². The van der Waals surface area contributed by atoms with Crippen molar-refractivity contribution in [2.45, 2.75) is 72.4 Å². The van der Waals surface area contributed by atoms with Crippen molar-refractivity contribution in [1.29, 1.82) is 0 Å². The molecule has 1 fully saturated rings. The lowest BCUT2D eigenvalue weighted by Gasteiger charge is -2.34. The van der Waals surface area contributed by atoms with Crippen LogP contribution in [-0.2, 0) is 0 Å². The van der Waals surface area contributed by atoms with Crippen LogP contribution in [0.2, 0.25) is 0 Å². The summed E-state index contributed by atoms with van der Waals surface area (Å²) in [5.41, 5.74) is -1.07. The van der Waals surface area contributed by atoms with Gasteiger partial charge < -0.3 is 0 Å². The number of alkyl halides is 7. The Morgan fingerprint density at radius 2 is 1.14 bits per heavy atom. The fraction of sp³-hybridized carbons (Fsp3) is 1.00. The molecule has 22 heavy (non-hydrogen) atoms. The van der Waals surface area contributed by atoms with Crippen LogP contribution in [-0.4, -0.2) is 18.0 Å². The molecule has 0 spiro atoms. The van der Waals surface area contributed by atoms with E-state index in [2.05, 4.69) is 0 Å². The fourth-order valence-electron chi connectivity index (χ4n) is 1.80. The van der Waals surface area contributed by atoms with Crippen LogP contribution in [0.3, 0.4) is 0 Å². The molecular weight excluding hydrogens is 313 g/mol. The van der Waals surface area contributed by atoms with Gasteiger partial charge in [-0.15, -0.1) is 0 Å². The molecule has 0 heterocycles. The first kappa shape index (κ1) is 21.5. The maximum Gasteiger partial charge on any atom is 0.453 e. The van der Waals surface area contributed by atoms with Crippen LogP contribution in [0, 0.1) is 23.2 Å². The lowest BCUT2D eigenvalue weighted by atomic mass is 9.78. The van der Waals surface area contributed by atoms with E-state index in [1.54, 1.807) is 6.92 Å². The minimum Gasteiger partial charge on any atom is -0.207 e. The van der Waals surface area contributed by atoms with Crippen molar-refractivity contribution in [1.82, 2.24) is 0 Å². The Kier molecular flexibility index (Phi) is 6.41. The van der Waals surface area contributed by atoms with Crippen molar-refractivity contribution in [2.75, 3.05) is 0 Å². The highest BCUT2D eigenvalue weighted by Crippen LogP contribution is 2.47. The van der Waals surface area contributed by atoms with E-state index in [1.165, 1.54) is 20.8 Å². The fourth-order valence-corrected chi connectivity index (χ4v) is 1.80. The first-order valence-electron chi connectivity index (χ1n) is 7.24. The van der Waals surface area contributed by atoms with E-state index in [0.717, 1.165) is 26.7 Å². The monoisotopic (exact) mass is 338 g/mol. The molecule has 7 heteroatoms. The minimum absolute atomic E-state index is 0.310. The molecule has 134 valence electrons. The highest BCUT2D eigenvalue weighted by Gasteiger charge is 2.62. The van der Waals surface area contributed by atoms with Gasteiger partial charge in [0.05, 0.1) is 0 Å². The highest BCUT2D eigenvalue weighted by molar-refractivity contribution is 4.88. The smallest absolute Gasteiger partial charge is 0.207 e. The van der Waals surface area contributed by atoms with Crippen LogP contribution in [0.5, 0.6) is 0 Å². The van der Waals surface area contributed by atoms with Crippen LogP contribution >= 0.6 is 0 Å². The zero-order valence-electron chi connectivity index (χ0n) is 13.8. The molecule has 2 unspecified atom stereocenters. The van der Waals surface area contributed by atoms with E-state index in [9.17, 15) is 30.7 Å². The Hall–Kier alpha value is -0.490. The van der Waals surface area contributed by atoms with E-state index >= 15 is 0 Å². The zero-order valence-corrected chi connectivity index (χ0v) is 13.8. The number of hydrogen-bond acceptors (Lipinski definition) is 0. The Morgan fingerprint density at radius 3 is 1.23 bits per heavy atom. The van der Waals surface area contributed by atoms with E-state index in [0.29, 0.717) is 5.92 Å². The Morgan fingerprint density at radius 1 is 0.773 bits per heavy atom. The summed E-state index contributed by atoms with van der Waals surface area (Å²) in [5.74, 6) is -8.91. The van der Waals surface area contributed by atoms with Crippen LogP contribution in [0.4, 0.5) is 30.7 Å². The van der Waals surface area contributed by atoms with Crippen molar-refractivity contribution >= 4 is 0 Å². The van der Waals surface area contributed by atoms with Gasteiger partial charge in [0.15, 0.2) is 0 Å². The van der Waals surface area contributed by atoms with Gasteiger partial charge in [0.25, 0.3) is 0 Å². The molecule has 0 aliphatic heterocycles. The summed E-state index contributed by atoms with van der Waals surface area (Å²) >= 11 is 0. The maximum absolute atomic E-state index is 12.7. The average Bonchev–Trinajstić information content (AvgIpc) is 3.07. The SMILES string of the molecule is CC(C(C)(C)C)C(F)(F)C(F)(F)F.CC(C1CC1)C(C)(F)F. The third-order valence-corrected chi connectivity index (χ3v) is 4.35. The number of rotatable bonds is 3. The number of hydrogen-bond donors (Lipinski definition) is 0. The van der Waals surface area contributed by atoms with E-state index in [1.807, 2.05) is 0 Å². The van der Waals surface area contributed by atoms with E-state index in [-0.39, 0.29) is 0 Å². The van der Waals surface area contributed by atoms with E-state index in [4.69, 9.17) is 0 Å². The predicted octanol–water partition coefficient (Wildman–Crippen LogP) is 6.55. The second kappa shape index (κ2) is 6.56. The Bertz CT molecular complexity index is 342. The van der Waals surface area contributed by atoms with Crippen molar-refractivity contribution in [3.05, 3.63) is 0 Å². The van der Waals surface area contributed by atoms with Gasteiger partial charge in [-0.3, -0.25) is 0 Å². The van der Waals surface area contributed by atoms with Crippen LogP contribution in [0.25, 0.3) is 0 Å². The molecule has 0 saturated heterocycles. The summed E-state index contributed by atoms with van der Waals surface area (Å²) in [6.07, 6.45) is -3.45. The van der Waals surface area contributed by atoms with Gasteiger partial charge in [-0.1, -0.05) is 34.6 Å². The summed E-state index contributed by atoms with van der Waals surface area (Å²) < 4.78 is 85.8. The molecule has 0 nitrogen and oxygen atoms in total. The molecule has 2 atom stereocenters. The third kappa shape index (κ3) is 5.95. The molecule has 1 saturated carbocycles. The number of halogens is 7. The lowest BCUT2D eigenvalue weighted by molar-refractivity contribution is -0.310. The second-order valence-electron chi connectivity index (χ2n) is 7.29. The first-order valence-corrected chi connectivity index (χ1v) is 7.24. The summed E-state index contributed by atoms with van der Waals surface area (Å²) in [4.78, 5) is 0. The van der Waals surface area contributed by atoms with Gasteiger partial charge in [-0.2, -0.15) is 22.0 Å². The average molecular weight is 338 g/mol. The zero-order chi connectivity index (χ0) is 18.1. The van der Waals surface area contributed by atoms with Crippen molar-refractivity contribution in [3.63, 3.8) is 0 Å². The highest BCUT2D eigenvalue weighted by atomic mass is 19.4. The molecule has 1 rings (SSSR count). The van der Waals surface area contributed by atoms with Crippen LogP contribution < -0.4 is 0 Å². The summed E-state index contributed by atoms with van der Waals surface area (Å²) in [7, 11) is 0. The van der Waals surface area contributed by atoms with Crippen molar-refractivity contribution < 1.29 is 30.7 Å². The minimum atomic E-state index is -5.46. The maximum atomic E-state index is 12.7. The summed E-state index contributed by atoms with van der Waals surface area (Å²) in [6, 6.07) is 0. The third-order valence-electron chi connectivity index (χ3n) is 4.35. The summed E-state index contributed by atoms with van der Waals surface area (Å²) in [5, 5.41) is 0. The van der Waals surface area contributed by atoms with Crippen molar-refractivity contribution in [2.24, 2.45) is 23.2 Å². The topological polar surface area (TPSA) is 0 Å². The predicted molar refractivity (Wildman–Crippen MR) is 72.1 cm³/mol. The molecule has 0 aromatic carbocycles. The standard InChI is InChI=1S/C8H13F5.C7H12F2/c1-5(6(2,3)4)7(9,10)8(11,12)13;1-5(6-3-4-6)7(2,8)9/h5H,1-4H3;5-6H,3-4H2,1-2H3. The van der Waals surface area contributed by atoms with Gasteiger partial charge in [0.2, 0.25) is 5.92 Å². The normalized spacial score (nSPS) is 20.0. The molecule has 0 radical (unpaired) electrons. The van der Waals surface area contributed by atoms with E-state index < -0.39 is 35.3 Å². The van der Waals surface area contributed by atoms with Crippen LogP contribution in [0.15, 0.2) is 0 Å². The quantitative estimate of drug-likeness (QED) is 0.512. The van der Waals surface area contributed by atoms with Gasteiger partial charge in [-0.05, 0) is 31.1 Å². The molecule has 1 aliphatic carbocycles. The Labute approximate surface area is 127 Å². The first-order chi connectivity index (χ1) is 9.42. The van der Waals surface area contributed by atoms with Crippen molar-refractivity contribution in [3.8, 4) is 0 Å². The largest absolute Gasteiger partial charge is 0.453 e. The molecule has 1 aliphatic rings. The molecule has 0 amide bonds. The summed E-state index contributed by atoms with van der Waals surface area (Å²) in [6.45, 7) is 7.63. The molecule has 0 aromatic rings. The molecule has 0 bridgehead atoms. The van der Waals surface area contributed by atoms with Gasteiger partial charge >= 0.3 is 12.1 Å².